The summed E-state index contributed by atoms with van der Waals surface area (Å²) >= 11 is 5.40. The van der Waals surface area contributed by atoms with Crippen molar-refractivity contribution in [2.45, 2.75) is 38.6 Å². The molecule has 3 rings (SSSR count). The molecule has 2 fully saturated rings. The number of fused-ring (bicyclic) bond motifs is 2. The Hall–Kier alpha value is -1.09. The molecule has 18 heavy (non-hydrogen) atoms. The molecule has 2 aliphatic rings. The summed E-state index contributed by atoms with van der Waals surface area (Å²) in [6.07, 6.45) is 5.53. The number of anilines is 1. The molecule has 2 bridgehead atoms. The first-order valence-corrected chi connectivity index (χ1v) is 7.26. The van der Waals surface area contributed by atoms with Crippen LogP contribution in [0.3, 0.4) is 0 Å². The molecule has 2 N–H and O–H groups in total. The molecule has 2 saturated carbocycles. The second-order valence-electron chi connectivity index (χ2n) is 5.75. The van der Waals surface area contributed by atoms with Crippen LogP contribution in [0, 0.1) is 18.8 Å². The normalized spacial score (nSPS) is 29.3. The van der Waals surface area contributed by atoms with Gasteiger partial charge in [-0.25, -0.2) is 0 Å². The van der Waals surface area contributed by atoms with E-state index in [4.69, 9.17) is 12.2 Å². The van der Waals surface area contributed by atoms with Crippen molar-refractivity contribution in [3.8, 4) is 0 Å². The molecule has 2 nitrogen and oxygen atoms in total. The van der Waals surface area contributed by atoms with E-state index in [0.29, 0.717) is 6.04 Å². The second kappa shape index (κ2) is 4.88. The molecule has 2 aliphatic carbocycles. The highest BCUT2D eigenvalue weighted by atomic mass is 32.1. The van der Waals surface area contributed by atoms with Crippen LogP contribution in [0.15, 0.2) is 24.3 Å². The van der Waals surface area contributed by atoms with Crippen LogP contribution in [0.4, 0.5) is 5.69 Å². The molecule has 1 aromatic carbocycles. The van der Waals surface area contributed by atoms with E-state index >= 15 is 0 Å². The number of nitrogens with one attached hydrogen (secondary N) is 2. The smallest absolute Gasteiger partial charge is 0.171 e. The second-order valence-corrected chi connectivity index (χ2v) is 6.15. The Balaban J connectivity index is 1.54. The van der Waals surface area contributed by atoms with Crippen LogP contribution in [-0.2, 0) is 0 Å². The molecule has 3 heteroatoms. The Bertz CT molecular complexity index is 440. The van der Waals surface area contributed by atoms with E-state index in [1.807, 2.05) is 0 Å². The fourth-order valence-electron chi connectivity index (χ4n) is 3.39. The Morgan fingerprint density at radius 3 is 2.56 bits per heavy atom. The number of hydrogen-bond donors (Lipinski definition) is 2. The molecule has 0 amide bonds. The third kappa shape index (κ3) is 2.51. The molecule has 0 aliphatic heterocycles. The van der Waals surface area contributed by atoms with Gasteiger partial charge in [-0.3, -0.25) is 0 Å². The average Bonchev–Trinajstić information content (AvgIpc) is 2.94. The highest BCUT2D eigenvalue weighted by molar-refractivity contribution is 7.80. The van der Waals surface area contributed by atoms with Gasteiger partial charge in [-0.1, -0.05) is 24.1 Å². The Kier molecular flexibility index (Phi) is 3.25. The van der Waals surface area contributed by atoms with Crippen molar-refractivity contribution < 1.29 is 0 Å². The summed E-state index contributed by atoms with van der Waals surface area (Å²) in [4.78, 5) is 0. The van der Waals surface area contributed by atoms with E-state index in [2.05, 4.69) is 41.8 Å². The van der Waals surface area contributed by atoms with Gasteiger partial charge in [-0.2, -0.15) is 0 Å². The number of aryl methyl sites for hydroxylation is 1. The number of thiocarbonyl (C=S) groups is 1. The average molecular weight is 260 g/mol. The molecular formula is C15H20N2S. The third-order valence-corrected chi connectivity index (χ3v) is 4.58. The summed E-state index contributed by atoms with van der Waals surface area (Å²) in [5.74, 6) is 1.81. The van der Waals surface area contributed by atoms with E-state index in [1.54, 1.807) is 0 Å². The maximum Gasteiger partial charge on any atom is 0.171 e. The summed E-state index contributed by atoms with van der Waals surface area (Å²) in [6, 6.07) is 8.95. The molecule has 3 unspecified atom stereocenters. The summed E-state index contributed by atoms with van der Waals surface area (Å²) in [6.45, 7) is 2.09. The number of benzene rings is 1. The van der Waals surface area contributed by atoms with Gasteiger partial charge in [0.15, 0.2) is 5.11 Å². The van der Waals surface area contributed by atoms with E-state index < -0.39 is 0 Å². The van der Waals surface area contributed by atoms with Crippen molar-refractivity contribution in [1.29, 1.82) is 0 Å². The lowest BCUT2D eigenvalue weighted by molar-refractivity contribution is 0.392. The maximum absolute atomic E-state index is 5.40. The lowest BCUT2D eigenvalue weighted by Gasteiger charge is -2.24. The minimum absolute atomic E-state index is 0.606. The summed E-state index contributed by atoms with van der Waals surface area (Å²) in [7, 11) is 0. The zero-order valence-electron chi connectivity index (χ0n) is 10.8. The highest BCUT2D eigenvalue weighted by Gasteiger charge is 2.39. The van der Waals surface area contributed by atoms with Gasteiger partial charge in [0.05, 0.1) is 0 Å². The van der Waals surface area contributed by atoms with Crippen LogP contribution < -0.4 is 10.6 Å². The van der Waals surface area contributed by atoms with E-state index in [0.717, 1.165) is 22.6 Å². The predicted molar refractivity (Wildman–Crippen MR) is 79.8 cm³/mol. The molecule has 96 valence electrons. The van der Waals surface area contributed by atoms with Gasteiger partial charge in [-0.05, 0) is 62.4 Å². The van der Waals surface area contributed by atoms with Crippen LogP contribution in [0.2, 0.25) is 0 Å². The molecule has 0 heterocycles. The van der Waals surface area contributed by atoms with Crippen LogP contribution in [0.5, 0.6) is 0 Å². The van der Waals surface area contributed by atoms with Gasteiger partial charge < -0.3 is 10.6 Å². The van der Waals surface area contributed by atoms with Gasteiger partial charge in [0.2, 0.25) is 0 Å². The molecule has 0 aromatic heterocycles. The molecule has 1 aromatic rings. The lowest BCUT2D eigenvalue weighted by Crippen LogP contribution is -2.40. The van der Waals surface area contributed by atoms with Crippen LogP contribution >= 0.6 is 12.2 Å². The van der Waals surface area contributed by atoms with Gasteiger partial charge in [0.1, 0.15) is 0 Å². The highest BCUT2D eigenvalue weighted by Crippen LogP contribution is 2.44. The van der Waals surface area contributed by atoms with Crippen LogP contribution in [-0.4, -0.2) is 11.2 Å². The summed E-state index contributed by atoms with van der Waals surface area (Å²) in [5, 5.41) is 7.54. The quantitative estimate of drug-likeness (QED) is 0.796. The summed E-state index contributed by atoms with van der Waals surface area (Å²) in [5.41, 5.74) is 2.34. The Morgan fingerprint density at radius 2 is 1.94 bits per heavy atom. The van der Waals surface area contributed by atoms with Gasteiger partial charge in [-0.15, -0.1) is 0 Å². The first kappa shape index (κ1) is 12.0. The standard InChI is InChI=1S/C15H20N2S/c1-10-2-6-13(7-3-10)16-15(18)17-14-9-11-4-5-12(14)8-11/h2-3,6-7,11-12,14H,4-5,8-9H2,1H3,(H2,16,17,18). The number of rotatable bonds is 2. The summed E-state index contributed by atoms with van der Waals surface area (Å²) < 4.78 is 0. The Morgan fingerprint density at radius 1 is 1.17 bits per heavy atom. The van der Waals surface area contributed by atoms with Crippen molar-refractivity contribution in [1.82, 2.24) is 5.32 Å². The van der Waals surface area contributed by atoms with Gasteiger partial charge in [0.25, 0.3) is 0 Å². The van der Waals surface area contributed by atoms with E-state index in [9.17, 15) is 0 Å². The van der Waals surface area contributed by atoms with Crippen molar-refractivity contribution >= 4 is 23.0 Å². The topological polar surface area (TPSA) is 24.1 Å². The Labute approximate surface area is 114 Å². The minimum atomic E-state index is 0.606. The molecule has 3 atom stereocenters. The first-order valence-electron chi connectivity index (χ1n) is 6.85. The van der Waals surface area contributed by atoms with Crippen molar-refractivity contribution in [3.05, 3.63) is 29.8 Å². The SMILES string of the molecule is Cc1ccc(NC(=S)NC2CC3CCC2C3)cc1. The molecular weight excluding hydrogens is 240 g/mol. The van der Waals surface area contributed by atoms with Crippen molar-refractivity contribution in [2.24, 2.45) is 11.8 Å². The lowest BCUT2D eigenvalue weighted by atomic mass is 9.96. The molecule has 0 saturated heterocycles. The van der Waals surface area contributed by atoms with Crippen molar-refractivity contribution in [2.75, 3.05) is 5.32 Å². The van der Waals surface area contributed by atoms with Crippen LogP contribution in [0.1, 0.15) is 31.2 Å². The molecule has 0 radical (unpaired) electrons. The fourth-order valence-corrected chi connectivity index (χ4v) is 3.66. The fraction of sp³-hybridized carbons (Fsp3) is 0.533. The number of hydrogen-bond acceptors (Lipinski definition) is 1. The third-order valence-electron chi connectivity index (χ3n) is 4.36. The first-order chi connectivity index (χ1) is 8.70. The van der Waals surface area contributed by atoms with Crippen LogP contribution in [0.25, 0.3) is 0 Å². The van der Waals surface area contributed by atoms with Gasteiger partial charge in [0, 0.05) is 11.7 Å². The van der Waals surface area contributed by atoms with Gasteiger partial charge >= 0.3 is 0 Å². The maximum atomic E-state index is 5.40. The zero-order valence-corrected chi connectivity index (χ0v) is 11.6. The van der Waals surface area contributed by atoms with E-state index in [-0.39, 0.29) is 0 Å². The largest absolute Gasteiger partial charge is 0.359 e. The molecule has 0 spiro atoms. The predicted octanol–water partition coefficient (Wildman–Crippen LogP) is 3.47. The monoisotopic (exact) mass is 260 g/mol. The minimum Gasteiger partial charge on any atom is -0.359 e. The zero-order chi connectivity index (χ0) is 12.5. The van der Waals surface area contributed by atoms with Crippen molar-refractivity contribution in [3.63, 3.8) is 0 Å². The van der Waals surface area contributed by atoms with E-state index in [1.165, 1.54) is 31.2 Å².